The van der Waals surface area contributed by atoms with Gasteiger partial charge in [-0.25, -0.2) is 0 Å². The molecule has 0 heterocycles. The maximum atomic E-state index is 11.8. The van der Waals surface area contributed by atoms with Gasteiger partial charge < -0.3 is 9.47 Å². The maximum Gasteiger partial charge on any atom is 0.308 e. The van der Waals surface area contributed by atoms with E-state index in [1.165, 1.54) is 29.2 Å². The minimum atomic E-state index is -0.293. The van der Waals surface area contributed by atoms with Gasteiger partial charge in [0, 0.05) is 49.6 Å². The van der Waals surface area contributed by atoms with E-state index in [-0.39, 0.29) is 33.0 Å². The summed E-state index contributed by atoms with van der Waals surface area (Å²) in [6, 6.07) is 12.8. The van der Waals surface area contributed by atoms with Gasteiger partial charge in [-0.15, -0.1) is 0 Å². The fourth-order valence-electron chi connectivity index (χ4n) is 7.00. The molecule has 1 spiro atoms. The standard InChI is InChI=1S/C28H36O3.4C2H6.I2/c1-17(29)31-19-12-14-21-23(16-19)28(27(8,9)25(21,4)5)22-15-18(30-10)11-13-20(22)24(2,3)26(28,6)7;5*1-2/h11-16H,1-10H3;4*1-2H3;. The Morgan fingerprint density at radius 1 is 0.585 bits per heavy atom. The Morgan fingerprint density at radius 3 is 1.22 bits per heavy atom. The van der Waals surface area contributed by atoms with E-state index in [0.29, 0.717) is 5.75 Å². The smallest absolute Gasteiger partial charge is 0.308 e. The lowest BCUT2D eigenvalue weighted by molar-refractivity contribution is -0.131. The Hall–Kier alpha value is -0.830. The van der Waals surface area contributed by atoms with E-state index in [2.05, 4.69) is 123 Å². The van der Waals surface area contributed by atoms with Crippen molar-refractivity contribution in [3.8, 4) is 11.5 Å². The lowest BCUT2D eigenvalue weighted by atomic mass is 9.46. The van der Waals surface area contributed by atoms with Crippen LogP contribution < -0.4 is 9.47 Å². The van der Waals surface area contributed by atoms with Gasteiger partial charge in [-0.2, -0.15) is 0 Å². The normalized spacial score (nSPS) is 20.2. The second-order valence-corrected chi connectivity index (χ2v) is 11.5. The number of hydrogen-bond acceptors (Lipinski definition) is 3. The van der Waals surface area contributed by atoms with Crippen molar-refractivity contribution in [1.29, 1.82) is 0 Å². The van der Waals surface area contributed by atoms with Crippen LogP contribution in [0.15, 0.2) is 36.4 Å². The lowest BCUT2D eigenvalue weighted by Crippen LogP contribution is -2.56. The monoisotopic (exact) mass is 794 g/mol. The summed E-state index contributed by atoms with van der Waals surface area (Å²) in [6.07, 6.45) is 0. The van der Waals surface area contributed by atoms with Crippen molar-refractivity contribution in [3.63, 3.8) is 0 Å². The van der Waals surface area contributed by atoms with Gasteiger partial charge in [0.15, 0.2) is 0 Å². The van der Waals surface area contributed by atoms with Crippen LogP contribution in [-0.2, 0) is 21.0 Å². The zero-order valence-corrected chi connectivity index (χ0v) is 33.8. The van der Waals surface area contributed by atoms with Gasteiger partial charge in [0.25, 0.3) is 0 Å². The summed E-state index contributed by atoms with van der Waals surface area (Å²) < 4.78 is 11.3. The van der Waals surface area contributed by atoms with Crippen LogP contribution in [0.1, 0.15) is 140 Å². The molecule has 2 aromatic rings. The highest BCUT2D eigenvalue weighted by Crippen LogP contribution is 2.77. The Labute approximate surface area is 277 Å². The molecule has 3 nitrogen and oxygen atoms in total. The quantitative estimate of drug-likeness (QED) is 0.173. The molecule has 0 fully saturated rings. The molecule has 0 saturated carbocycles. The van der Waals surface area contributed by atoms with Crippen LogP contribution in [0.3, 0.4) is 0 Å². The molecular weight excluding hydrogens is 734 g/mol. The third kappa shape index (κ3) is 6.51. The first-order valence-corrected chi connectivity index (χ1v) is 21.6. The maximum absolute atomic E-state index is 11.8. The van der Waals surface area contributed by atoms with E-state index < -0.39 is 0 Å². The van der Waals surface area contributed by atoms with Crippen LogP contribution in [0.4, 0.5) is 0 Å². The number of ether oxygens (including phenoxy) is 2. The number of methoxy groups -OCH3 is 1. The summed E-state index contributed by atoms with van der Waals surface area (Å²) in [5, 5.41) is 0. The largest absolute Gasteiger partial charge is 0.497 e. The molecular formula is C36H60I2O3. The van der Waals surface area contributed by atoms with E-state index >= 15 is 0 Å². The molecule has 0 bridgehead atoms. The van der Waals surface area contributed by atoms with Crippen LogP contribution >= 0.6 is 37.2 Å². The Bertz CT molecular complexity index is 1090. The van der Waals surface area contributed by atoms with Crippen LogP contribution in [0, 0.1) is 10.8 Å². The molecule has 2 aliphatic rings. The van der Waals surface area contributed by atoms with Crippen molar-refractivity contribution in [3.05, 3.63) is 58.7 Å². The van der Waals surface area contributed by atoms with Crippen LogP contribution in [0.25, 0.3) is 0 Å². The molecule has 1 atom stereocenters. The van der Waals surface area contributed by atoms with Crippen molar-refractivity contribution in [2.75, 3.05) is 7.11 Å². The van der Waals surface area contributed by atoms with Gasteiger partial charge in [0.2, 0.25) is 0 Å². The molecule has 2 aromatic carbocycles. The highest BCUT2D eigenvalue weighted by atomic mass is 128. The van der Waals surface area contributed by atoms with E-state index in [0.717, 1.165) is 5.75 Å². The molecule has 236 valence electrons. The molecule has 0 radical (unpaired) electrons. The van der Waals surface area contributed by atoms with Gasteiger partial charge in [-0.3, -0.25) is 4.79 Å². The first-order valence-electron chi connectivity index (χ1n) is 15.3. The van der Waals surface area contributed by atoms with Crippen LogP contribution in [-0.4, -0.2) is 13.1 Å². The van der Waals surface area contributed by atoms with Gasteiger partial charge in [-0.1, -0.05) is 123 Å². The van der Waals surface area contributed by atoms with E-state index in [4.69, 9.17) is 9.47 Å². The highest BCUT2D eigenvalue weighted by molar-refractivity contribution is 15.0. The molecule has 0 aromatic heterocycles. The van der Waals surface area contributed by atoms with Crippen LogP contribution in [0.5, 0.6) is 11.5 Å². The molecule has 0 N–H and O–H groups in total. The first kappa shape index (κ1) is 42.3. The van der Waals surface area contributed by atoms with Gasteiger partial charge in [0.05, 0.1) is 7.11 Å². The molecule has 2 aliphatic carbocycles. The first-order chi connectivity index (χ1) is 19.2. The molecule has 4 rings (SSSR count). The van der Waals surface area contributed by atoms with E-state index in [9.17, 15) is 4.79 Å². The zero-order chi connectivity index (χ0) is 33.2. The predicted octanol–water partition coefficient (Wildman–Crippen LogP) is 12.4. The number of rotatable bonds is 2. The van der Waals surface area contributed by atoms with E-state index in [1.54, 1.807) is 7.11 Å². The highest BCUT2D eigenvalue weighted by Gasteiger charge is 2.74. The van der Waals surface area contributed by atoms with Crippen molar-refractivity contribution >= 4 is 43.2 Å². The van der Waals surface area contributed by atoms with Gasteiger partial charge >= 0.3 is 5.97 Å². The van der Waals surface area contributed by atoms with Gasteiger partial charge in [0.1, 0.15) is 11.5 Å². The molecule has 0 saturated heterocycles. The average Bonchev–Trinajstić information content (AvgIpc) is 3.21. The number of benzene rings is 2. The Kier molecular flexibility index (Phi) is 17.4. The van der Waals surface area contributed by atoms with Crippen molar-refractivity contribution in [1.82, 2.24) is 0 Å². The number of carbonyl (C=O) groups excluding carboxylic acids is 1. The summed E-state index contributed by atoms with van der Waals surface area (Å²) in [5.74, 6) is 1.20. The van der Waals surface area contributed by atoms with Crippen molar-refractivity contribution < 1.29 is 14.3 Å². The van der Waals surface area contributed by atoms with Crippen molar-refractivity contribution in [2.24, 2.45) is 10.8 Å². The minimum absolute atomic E-state index is 0.0684. The molecule has 0 aliphatic heterocycles. The summed E-state index contributed by atoms with van der Waals surface area (Å²) in [5.41, 5.74) is 4.62. The summed E-state index contributed by atoms with van der Waals surface area (Å²) >= 11 is 4.24. The number of fused-ring (bicyclic) bond motifs is 4. The minimum Gasteiger partial charge on any atom is -0.497 e. The molecule has 1 unspecified atom stereocenters. The Balaban J connectivity index is 0. The zero-order valence-electron chi connectivity index (χ0n) is 29.4. The number of hydrogen-bond donors (Lipinski definition) is 0. The van der Waals surface area contributed by atoms with Crippen LogP contribution in [0.2, 0.25) is 0 Å². The lowest BCUT2D eigenvalue weighted by Gasteiger charge is -2.56. The summed E-state index contributed by atoms with van der Waals surface area (Å²) in [4.78, 5) is 11.8. The fraction of sp³-hybridized carbons (Fsp3) is 0.639. The number of carbonyl (C=O) groups is 1. The number of halogens is 2. The second kappa shape index (κ2) is 16.9. The topological polar surface area (TPSA) is 35.5 Å². The predicted molar refractivity (Wildman–Crippen MR) is 199 cm³/mol. The summed E-state index contributed by atoms with van der Waals surface area (Å²) in [6.45, 7) is 36.5. The number of esters is 1. The third-order valence-corrected chi connectivity index (χ3v) is 9.63. The molecule has 41 heavy (non-hydrogen) atoms. The van der Waals surface area contributed by atoms with Crippen molar-refractivity contribution in [2.45, 2.75) is 134 Å². The second-order valence-electron chi connectivity index (χ2n) is 11.5. The summed E-state index contributed by atoms with van der Waals surface area (Å²) in [7, 11) is 1.73. The fourth-order valence-corrected chi connectivity index (χ4v) is 7.00. The van der Waals surface area contributed by atoms with Gasteiger partial charge in [-0.05, 0) is 68.2 Å². The molecule has 5 heteroatoms. The third-order valence-electron chi connectivity index (χ3n) is 9.63. The molecule has 0 amide bonds. The average molecular weight is 795 g/mol. The van der Waals surface area contributed by atoms with E-state index in [1.807, 2.05) is 61.5 Å². The SMILES string of the molecule is CC.CC.CC.CC.COc1ccc2c(c1)C1(c3cc(OC(C)=O)ccc3C(C)(C)C1(C)C)C(C)(C)C2(C)C.II. The Morgan fingerprint density at radius 2 is 0.902 bits per heavy atom.